The average molecular weight is 371 g/mol. The van der Waals surface area contributed by atoms with Crippen molar-refractivity contribution in [3.63, 3.8) is 0 Å². The Balaban J connectivity index is 1.78. The number of nitrogens with zero attached hydrogens (tertiary/aromatic N) is 3. The molecule has 6 heteroatoms. The van der Waals surface area contributed by atoms with Crippen LogP contribution in [-0.2, 0) is 24.0 Å². The largest absolute Gasteiger partial charge is 0.385 e. The molecule has 3 aromatic rings. The fourth-order valence-electron chi connectivity index (χ4n) is 3.88. The van der Waals surface area contributed by atoms with Crippen molar-refractivity contribution in [3.8, 4) is 0 Å². The number of aromatic nitrogens is 3. The molecule has 0 atom stereocenters. The molecule has 0 bridgehead atoms. The summed E-state index contributed by atoms with van der Waals surface area (Å²) in [6.07, 6.45) is 9.71. The van der Waals surface area contributed by atoms with E-state index in [-0.39, 0.29) is 0 Å². The number of unbranched alkanes of at least 4 members (excludes halogenated alkanes) is 1. The van der Waals surface area contributed by atoms with Crippen LogP contribution in [0.4, 0.5) is 5.82 Å². The summed E-state index contributed by atoms with van der Waals surface area (Å²) < 4.78 is 6.26. The summed E-state index contributed by atoms with van der Waals surface area (Å²) in [6, 6.07) is 0. The standard InChI is InChI=1S/C20H26N4OS/c1-3-4-9-15-13-7-5-8-14(13)16-17-18(26-20(16)24-15)19(23-12-22-17)21-10-6-11-25-2/h12H,3-11H2,1-2H3,(H,21,22,23). The Kier molecular flexibility index (Phi) is 5.31. The number of pyridine rings is 1. The van der Waals surface area contributed by atoms with Crippen LogP contribution in [0.3, 0.4) is 0 Å². The lowest BCUT2D eigenvalue weighted by molar-refractivity contribution is 0.198. The summed E-state index contributed by atoms with van der Waals surface area (Å²) >= 11 is 1.74. The fraction of sp³-hybridized carbons (Fsp3) is 0.550. The van der Waals surface area contributed by atoms with E-state index in [2.05, 4.69) is 22.2 Å². The van der Waals surface area contributed by atoms with Crippen LogP contribution in [0.15, 0.2) is 6.33 Å². The molecule has 0 spiro atoms. The molecule has 5 nitrogen and oxygen atoms in total. The first-order valence-corrected chi connectivity index (χ1v) is 10.5. The van der Waals surface area contributed by atoms with Gasteiger partial charge in [0.1, 0.15) is 17.0 Å². The van der Waals surface area contributed by atoms with Gasteiger partial charge in [0.25, 0.3) is 0 Å². The van der Waals surface area contributed by atoms with Gasteiger partial charge in [-0.1, -0.05) is 13.3 Å². The van der Waals surface area contributed by atoms with E-state index in [9.17, 15) is 0 Å². The number of thiophene rings is 1. The molecule has 1 aliphatic rings. The summed E-state index contributed by atoms with van der Waals surface area (Å²) in [5.74, 6) is 0.927. The van der Waals surface area contributed by atoms with E-state index in [1.165, 1.54) is 47.9 Å². The minimum absolute atomic E-state index is 0.753. The summed E-state index contributed by atoms with van der Waals surface area (Å²) in [5, 5.41) is 4.73. The third-order valence-corrected chi connectivity index (χ3v) is 6.22. The van der Waals surface area contributed by atoms with Crippen LogP contribution >= 0.6 is 11.3 Å². The van der Waals surface area contributed by atoms with Crippen LogP contribution in [0.1, 0.15) is 49.4 Å². The first-order valence-electron chi connectivity index (χ1n) is 9.64. The van der Waals surface area contributed by atoms with Gasteiger partial charge in [-0.3, -0.25) is 0 Å². The van der Waals surface area contributed by atoms with E-state index >= 15 is 0 Å². The van der Waals surface area contributed by atoms with Crippen molar-refractivity contribution in [3.05, 3.63) is 23.1 Å². The maximum Gasteiger partial charge on any atom is 0.147 e. The predicted molar refractivity (Wildman–Crippen MR) is 108 cm³/mol. The highest BCUT2D eigenvalue weighted by molar-refractivity contribution is 7.26. The van der Waals surface area contributed by atoms with Crippen LogP contribution in [0.2, 0.25) is 0 Å². The van der Waals surface area contributed by atoms with Crippen LogP contribution in [0.25, 0.3) is 20.4 Å². The lowest BCUT2D eigenvalue weighted by Gasteiger charge is -2.08. The highest BCUT2D eigenvalue weighted by Gasteiger charge is 2.23. The molecule has 138 valence electrons. The number of hydrogen-bond acceptors (Lipinski definition) is 6. The minimum Gasteiger partial charge on any atom is -0.385 e. The highest BCUT2D eigenvalue weighted by atomic mass is 32.1. The zero-order chi connectivity index (χ0) is 17.9. The van der Waals surface area contributed by atoms with Gasteiger partial charge >= 0.3 is 0 Å². The number of hydrogen-bond donors (Lipinski definition) is 1. The maximum atomic E-state index is 5.13. The molecule has 3 aromatic heterocycles. The number of fused-ring (bicyclic) bond motifs is 5. The minimum atomic E-state index is 0.753. The Morgan fingerprint density at radius 3 is 2.92 bits per heavy atom. The predicted octanol–water partition coefficient (Wildman–Crippen LogP) is 4.52. The summed E-state index contributed by atoms with van der Waals surface area (Å²) in [6.45, 7) is 3.85. The molecule has 0 saturated carbocycles. The van der Waals surface area contributed by atoms with E-state index < -0.39 is 0 Å². The molecule has 4 rings (SSSR count). The number of rotatable bonds is 8. The van der Waals surface area contributed by atoms with E-state index in [1.54, 1.807) is 24.8 Å². The van der Waals surface area contributed by atoms with Crippen molar-refractivity contribution < 1.29 is 4.74 Å². The first-order chi connectivity index (χ1) is 12.8. The van der Waals surface area contributed by atoms with Gasteiger partial charge in [0.15, 0.2) is 0 Å². The van der Waals surface area contributed by atoms with Gasteiger partial charge in [-0.25, -0.2) is 15.0 Å². The fourth-order valence-corrected chi connectivity index (χ4v) is 5.02. The molecule has 3 heterocycles. The first kappa shape index (κ1) is 17.6. The Hall–Kier alpha value is -1.79. The summed E-state index contributed by atoms with van der Waals surface area (Å²) in [4.78, 5) is 15.3. The van der Waals surface area contributed by atoms with Gasteiger partial charge in [-0.15, -0.1) is 11.3 Å². The highest BCUT2D eigenvalue weighted by Crippen LogP contribution is 2.41. The number of nitrogens with one attached hydrogen (secondary N) is 1. The zero-order valence-corrected chi connectivity index (χ0v) is 16.4. The molecular weight excluding hydrogens is 344 g/mol. The van der Waals surface area contributed by atoms with E-state index in [0.717, 1.165) is 53.3 Å². The van der Waals surface area contributed by atoms with Gasteiger partial charge in [0.2, 0.25) is 0 Å². The molecule has 1 N–H and O–H groups in total. The lowest BCUT2D eigenvalue weighted by atomic mass is 10.0. The normalized spacial score (nSPS) is 13.6. The quantitative estimate of drug-likeness (QED) is 0.591. The second-order valence-corrected chi connectivity index (χ2v) is 7.93. The third-order valence-electron chi connectivity index (χ3n) is 5.14. The number of methoxy groups -OCH3 is 1. The van der Waals surface area contributed by atoms with Gasteiger partial charge in [-0.2, -0.15) is 0 Å². The second-order valence-electron chi connectivity index (χ2n) is 6.93. The van der Waals surface area contributed by atoms with Crippen LogP contribution in [-0.4, -0.2) is 35.2 Å². The summed E-state index contributed by atoms with van der Waals surface area (Å²) in [5.41, 5.74) is 5.39. The van der Waals surface area contributed by atoms with Crippen LogP contribution in [0.5, 0.6) is 0 Å². The number of ether oxygens (including phenoxy) is 1. The molecule has 0 radical (unpaired) electrons. The van der Waals surface area contributed by atoms with Crippen molar-refractivity contribution in [1.82, 2.24) is 15.0 Å². The Morgan fingerprint density at radius 1 is 1.19 bits per heavy atom. The summed E-state index contributed by atoms with van der Waals surface area (Å²) in [7, 11) is 1.73. The van der Waals surface area contributed by atoms with Crippen LogP contribution < -0.4 is 5.32 Å². The molecule has 1 aliphatic carbocycles. The van der Waals surface area contributed by atoms with E-state index in [4.69, 9.17) is 9.72 Å². The zero-order valence-electron chi connectivity index (χ0n) is 15.6. The van der Waals surface area contributed by atoms with E-state index in [0.29, 0.717) is 0 Å². The average Bonchev–Trinajstić information content (AvgIpc) is 3.27. The number of anilines is 1. The molecule has 0 fully saturated rings. The number of aryl methyl sites for hydroxylation is 2. The smallest absolute Gasteiger partial charge is 0.147 e. The molecule has 0 amide bonds. The van der Waals surface area contributed by atoms with Crippen LogP contribution in [0, 0.1) is 0 Å². The van der Waals surface area contributed by atoms with Crippen molar-refractivity contribution in [2.24, 2.45) is 0 Å². The molecular formula is C20H26N4OS. The maximum absolute atomic E-state index is 5.13. The van der Waals surface area contributed by atoms with E-state index in [1.807, 2.05) is 0 Å². The van der Waals surface area contributed by atoms with Crippen molar-refractivity contribution >= 4 is 37.6 Å². The van der Waals surface area contributed by atoms with Gasteiger partial charge in [0.05, 0.1) is 10.2 Å². The van der Waals surface area contributed by atoms with Crippen molar-refractivity contribution in [2.45, 2.75) is 51.9 Å². The monoisotopic (exact) mass is 370 g/mol. The second kappa shape index (κ2) is 7.84. The molecule has 0 aliphatic heterocycles. The van der Waals surface area contributed by atoms with Crippen molar-refractivity contribution in [1.29, 1.82) is 0 Å². The molecule has 0 aromatic carbocycles. The molecule has 0 unspecified atom stereocenters. The Morgan fingerprint density at radius 2 is 2.08 bits per heavy atom. The Labute approximate surface area is 158 Å². The third kappa shape index (κ3) is 3.16. The van der Waals surface area contributed by atoms with Crippen molar-refractivity contribution in [2.75, 3.05) is 25.6 Å². The Bertz CT molecular complexity index is 921. The molecule has 26 heavy (non-hydrogen) atoms. The molecule has 0 saturated heterocycles. The van der Waals surface area contributed by atoms with Gasteiger partial charge in [0, 0.05) is 31.3 Å². The van der Waals surface area contributed by atoms with Gasteiger partial charge in [-0.05, 0) is 49.7 Å². The SMILES string of the molecule is CCCCc1nc2sc3c(NCCCOC)ncnc3c2c2c1CCC2. The topological polar surface area (TPSA) is 59.9 Å². The van der Waals surface area contributed by atoms with Gasteiger partial charge < -0.3 is 10.1 Å². The lowest BCUT2D eigenvalue weighted by Crippen LogP contribution is -2.06.